The third kappa shape index (κ3) is 4.73. The van der Waals surface area contributed by atoms with E-state index in [1.807, 2.05) is 42.5 Å². The van der Waals surface area contributed by atoms with Gasteiger partial charge in [-0.1, -0.05) is 54.1 Å². The van der Waals surface area contributed by atoms with Gasteiger partial charge in [0.1, 0.15) is 17.2 Å². The Morgan fingerprint density at radius 3 is 2.31 bits per heavy atom. The minimum Gasteiger partial charge on any atom is -0.478 e. The van der Waals surface area contributed by atoms with E-state index in [1.54, 1.807) is 12.1 Å². The van der Waals surface area contributed by atoms with E-state index in [2.05, 4.69) is 0 Å². The van der Waals surface area contributed by atoms with Crippen LogP contribution < -0.4 is 9.47 Å². The van der Waals surface area contributed by atoms with E-state index in [1.165, 1.54) is 12.1 Å². The quantitative estimate of drug-likeness (QED) is 0.471. The molecule has 164 valence electrons. The maximum atomic E-state index is 13.3. The monoisotopic (exact) mass is 460 g/mol. The van der Waals surface area contributed by atoms with Crippen molar-refractivity contribution in [3.05, 3.63) is 94.0 Å². The number of ether oxygens (including phenoxy) is 2. The normalized spacial score (nSPS) is 15.4. The number of halogens is 4. The van der Waals surface area contributed by atoms with Crippen molar-refractivity contribution in [3.63, 3.8) is 0 Å². The van der Waals surface area contributed by atoms with Crippen LogP contribution in [0, 0.1) is 0 Å². The Labute approximate surface area is 186 Å². The Morgan fingerprint density at radius 1 is 1.03 bits per heavy atom. The average Bonchev–Trinajstić information content (AvgIpc) is 2.75. The summed E-state index contributed by atoms with van der Waals surface area (Å²) in [5.74, 6) is -1.36. The summed E-state index contributed by atoms with van der Waals surface area (Å²) >= 11 is 6.22. The van der Waals surface area contributed by atoms with Gasteiger partial charge in [0.2, 0.25) is 6.10 Å². The molecule has 0 amide bonds. The second-order valence-corrected chi connectivity index (χ2v) is 7.58. The van der Waals surface area contributed by atoms with E-state index >= 15 is 0 Å². The van der Waals surface area contributed by atoms with Crippen molar-refractivity contribution in [1.29, 1.82) is 0 Å². The van der Waals surface area contributed by atoms with Crippen LogP contribution in [0.4, 0.5) is 13.2 Å². The Morgan fingerprint density at radius 2 is 1.69 bits per heavy atom. The van der Waals surface area contributed by atoms with Gasteiger partial charge in [-0.3, -0.25) is 0 Å². The first-order valence-electron chi connectivity index (χ1n) is 9.53. The number of carbonyl (C=O) groups is 1. The van der Waals surface area contributed by atoms with Crippen LogP contribution in [-0.4, -0.2) is 23.4 Å². The second-order valence-electron chi connectivity index (χ2n) is 7.17. The maximum Gasteiger partial charge on any atom is 0.430 e. The van der Waals surface area contributed by atoms with Gasteiger partial charge in [-0.15, -0.1) is 0 Å². The molecule has 32 heavy (non-hydrogen) atoms. The van der Waals surface area contributed by atoms with Crippen LogP contribution in [0.1, 0.15) is 16.7 Å². The SMILES string of the molecule is O=C(O)C1=Cc2cc(Cl)c(Oc3ccc(Cc4ccccc4)cc3)cc2OC1C(F)(F)F. The van der Waals surface area contributed by atoms with Crippen molar-refractivity contribution in [3.8, 4) is 17.2 Å². The Balaban J connectivity index is 1.57. The molecular formula is C24H16ClF3O4. The van der Waals surface area contributed by atoms with Gasteiger partial charge in [0, 0.05) is 11.6 Å². The number of aliphatic carboxylic acids is 1. The fraction of sp³-hybridized carbons (Fsp3) is 0.125. The molecule has 0 fully saturated rings. The molecule has 3 aromatic rings. The number of benzene rings is 3. The van der Waals surface area contributed by atoms with Crippen LogP contribution in [0.3, 0.4) is 0 Å². The van der Waals surface area contributed by atoms with E-state index in [9.17, 15) is 18.0 Å². The fourth-order valence-corrected chi connectivity index (χ4v) is 3.54. The molecule has 4 rings (SSSR count). The number of carboxylic acid groups (broad SMARTS) is 1. The zero-order chi connectivity index (χ0) is 22.9. The van der Waals surface area contributed by atoms with E-state index in [4.69, 9.17) is 26.2 Å². The highest BCUT2D eigenvalue weighted by Gasteiger charge is 2.48. The number of hydrogen-bond donors (Lipinski definition) is 1. The summed E-state index contributed by atoms with van der Waals surface area (Å²) in [6.45, 7) is 0. The molecular weight excluding hydrogens is 445 g/mol. The largest absolute Gasteiger partial charge is 0.478 e. The molecule has 0 bridgehead atoms. The van der Waals surface area contributed by atoms with Crippen molar-refractivity contribution in [2.75, 3.05) is 0 Å². The summed E-state index contributed by atoms with van der Waals surface area (Å²) in [5.41, 5.74) is 1.43. The Hall–Kier alpha value is -3.45. The lowest BCUT2D eigenvalue weighted by Crippen LogP contribution is -2.40. The topological polar surface area (TPSA) is 55.8 Å². The summed E-state index contributed by atoms with van der Waals surface area (Å²) in [4.78, 5) is 11.3. The maximum absolute atomic E-state index is 13.3. The highest BCUT2D eigenvalue weighted by Crippen LogP contribution is 2.42. The highest BCUT2D eigenvalue weighted by atomic mass is 35.5. The second kappa shape index (κ2) is 8.59. The fourth-order valence-electron chi connectivity index (χ4n) is 3.33. The lowest BCUT2D eigenvalue weighted by molar-refractivity contribution is -0.187. The zero-order valence-corrected chi connectivity index (χ0v) is 17.2. The van der Waals surface area contributed by atoms with Crippen LogP contribution in [0.5, 0.6) is 17.2 Å². The average molecular weight is 461 g/mol. The van der Waals surface area contributed by atoms with Crippen LogP contribution in [0.2, 0.25) is 5.02 Å². The first-order valence-corrected chi connectivity index (χ1v) is 9.91. The number of rotatable bonds is 5. The first-order chi connectivity index (χ1) is 15.2. The standard InChI is InChI=1S/C24H16ClF3O4/c25-19-12-16-11-18(23(29)30)22(24(26,27)28)32-20(16)13-21(19)31-17-8-6-15(7-9-17)10-14-4-2-1-3-5-14/h1-9,11-13,22H,10H2,(H,29,30). The van der Waals surface area contributed by atoms with Gasteiger partial charge < -0.3 is 14.6 Å². The smallest absolute Gasteiger partial charge is 0.430 e. The zero-order valence-electron chi connectivity index (χ0n) is 16.4. The molecule has 1 N–H and O–H groups in total. The molecule has 4 nitrogen and oxygen atoms in total. The van der Waals surface area contributed by atoms with Crippen molar-refractivity contribution in [2.24, 2.45) is 0 Å². The van der Waals surface area contributed by atoms with Crippen LogP contribution in [0.15, 0.2) is 72.3 Å². The van der Waals surface area contributed by atoms with E-state index in [-0.39, 0.29) is 22.1 Å². The van der Waals surface area contributed by atoms with Gasteiger partial charge in [-0.05, 0) is 41.8 Å². The van der Waals surface area contributed by atoms with Gasteiger partial charge in [0.05, 0.1) is 10.6 Å². The number of hydrogen-bond acceptors (Lipinski definition) is 3. The van der Waals surface area contributed by atoms with Crippen molar-refractivity contribution >= 4 is 23.6 Å². The van der Waals surface area contributed by atoms with Gasteiger partial charge in [-0.25, -0.2) is 4.79 Å². The molecule has 8 heteroatoms. The van der Waals surface area contributed by atoms with Crippen LogP contribution in [-0.2, 0) is 11.2 Å². The lowest BCUT2D eigenvalue weighted by Gasteiger charge is -2.27. The molecule has 0 saturated carbocycles. The van der Waals surface area contributed by atoms with Gasteiger partial charge in [0.15, 0.2) is 0 Å². The number of carboxylic acids is 1. The number of alkyl halides is 3. The summed E-state index contributed by atoms with van der Waals surface area (Å²) in [6, 6.07) is 19.7. The summed E-state index contributed by atoms with van der Waals surface area (Å²) in [5, 5.41) is 9.23. The summed E-state index contributed by atoms with van der Waals surface area (Å²) in [6.07, 6.45) is -5.82. The van der Waals surface area contributed by atoms with Gasteiger partial charge >= 0.3 is 12.1 Å². The molecule has 0 saturated heterocycles. The molecule has 0 aromatic heterocycles. The Bertz CT molecular complexity index is 1170. The van der Waals surface area contributed by atoms with Crippen molar-refractivity contribution in [1.82, 2.24) is 0 Å². The highest BCUT2D eigenvalue weighted by molar-refractivity contribution is 6.32. The molecule has 1 aliphatic rings. The van der Waals surface area contributed by atoms with Crippen molar-refractivity contribution in [2.45, 2.75) is 18.7 Å². The predicted molar refractivity (Wildman–Crippen MR) is 113 cm³/mol. The lowest BCUT2D eigenvalue weighted by atomic mass is 10.0. The molecule has 1 atom stereocenters. The van der Waals surface area contributed by atoms with Crippen LogP contribution in [0.25, 0.3) is 6.08 Å². The predicted octanol–water partition coefficient (Wildman–Crippen LogP) is 6.51. The molecule has 3 aromatic carbocycles. The van der Waals surface area contributed by atoms with Crippen LogP contribution >= 0.6 is 11.6 Å². The molecule has 0 aliphatic carbocycles. The van der Waals surface area contributed by atoms with Gasteiger partial charge in [0.25, 0.3) is 0 Å². The first kappa shape index (κ1) is 21.8. The number of fused-ring (bicyclic) bond motifs is 1. The Kier molecular flexibility index (Phi) is 5.84. The molecule has 0 spiro atoms. The van der Waals surface area contributed by atoms with Gasteiger partial charge in [-0.2, -0.15) is 13.2 Å². The molecule has 1 unspecified atom stereocenters. The van der Waals surface area contributed by atoms with E-state index in [0.717, 1.165) is 23.6 Å². The van der Waals surface area contributed by atoms with E-state index in [0.29, 0.717) is 5.75 Å². The molecule has 1 aliphatic heterocycles. The third-order valence-corrected chi connectivity index (χ3v) is 5.14. The minimum absolute atomic E-state index is 0.0920. The molecule has 1 heterocycles. The summed E-state index contributed by atoms with van der Waals surface area (Å²) in [7, 11) is 0. The minimum atomic E-state index is -4.89. The third-order valence-electron chi connectivity index (χ3n) is 4.85. The van der Waals surface area contributed by atoms with Crippen molar-refractivity contribution < 1.29 is 32.5 Å². The summed E-state index contributed by atoms with van der Waals surface area (Å²) < 4.78 is 50.6. The van der Waals surface area contributed by atoms with E-state index < -0.39 is 23.8 Å². The molecule has 0 radical (unpaired) electrons.